The van der Waals surface area contributed by atoms with Crippen molar-refractivity contribution in [2.24, 2.45) is 0 Å². The number of piperazine rings is 1. The molecule has 0 aliphatic carbocycles. The molecule has 0 bridgehead atoms. The quantitative estimate of drug-likeness (QED) is 0.757. The van der Waals surface area contributed by atoms with Crippen LogP contribution in [0.3, 0.4) is 0 Å². The summed E-state index contributed by atoms with van der Waals surface area (Å²) >= 11 is 0. The number of amides is 1. The van der Waals surface area contributed by atoms with E-state index in [4.69, 9.17) is 0 Å². The molecule has 1 saturated heterocycles. The maximum absolute atomic E-state index is 12.8. The van der Waals surface area contributed by atoms with E-state index in [0.717, 1.165) is 30.2 Å². The highest BCUT2D eigenvalue weighted by molar-refractivity contribution is 5.93. The summed E-state index contributed by atoms with van der Waals surface area (Å²) in [5.41, 5.74) is 2.56. The van der Waals surface area contributed by atoms with Crippen LogP contribution >= 0.6 is 0 Å². The number of para-hydroxylation sites is 1. The summed E-state index contributed by atoms with van der Waals surface area (Å²) in [7, 11) is 0. The normalized spacial score (nSPS) is 14.0. The lowest BCUT2D eigenvalue weighted by molar-refractivity contribution is 0.0745. The van der Waals surface area contributed by atoms with Gasteiger partial charge in [-0.25, -0.2) is 15.0 Å². The average Bonchev–Trinajstić information content (AvgIpc) is 2.75. The van der Waals surface area contributed by atoms with E-state index in [0.29, 0.717) is 24.6 Å². The molecular weight excluding hydrogens is 352 g/mol. The van der Waals surface area contributed by atoms with Crippen LogP contribution in [0.15, 0.2) is 61.1 Å². The van der Waals surface area contributed by atoms with Gasteiger partial charge in [-0.2, -0.15) is 0 Å². The molecule has 0 atom stereocenters. The third-order valence-corrected chi connectivity index (χ3v) is 4.78. The van der Waals surface area contributed by atoms with Gasteiger partial charge in [-0.3, -0.25) is 4.79 Å². The molecule has 0 radical (unpaired) electrons. The van der Waals surface area contributed by atoms with Crippen LogP contribution in [-0.2, 0) is 0 Å². The molecule has 1 N–H and O–H groups in total. The lowest BCUT2D eigenvalue weighted by atomic mass is 10.2. The van der Waals surface area contributed by atoms with Crippen LogP contribution in [0.4, 0.5) is 17.5 Å². The van der Waals surface area contributed by atoms with E-state index in [1.54, 1.807) is 12.4 Å². The van der Waals surface area contributed by atoms with Gasteiger partial charge < -0.3 is 15.1 Å². The molecule has 1 fully saturated rings. The molecular formula is C21H22N6O. The fourth-order valence-corrected chi connectivity index (χ4v) is 3.27. The number of anilines is 3. The summed E-state index contributed by atoms with van der Waals surface area (Å²) < 4.78 is 0. The van der Waals surface area contributed by atoms with E-state index < -0.39 is 0 Å². The molecule has 0 saturated carbocycles. The Labute approximate surface area is 164 Å². The molecule has 0 spiro atoms. The lowest BCUT2D eigenvalue weighted by Gasteiger charge is -2.36. The minimum Gasteiger partial charge on any atom is -0.353 e. The third kappa shape index (κ3) is 3.93. The first-order valence-corrected chi connectivity index (χ1v) is 9.31. The molecule has 4 rings (SSSR count). The molecule has 1 aromatic carbocycles. The second-order valence-electron chi connectivity index (χ2n) is 6.71. The van der Waals surface area contributed by atoms with E-state index in [1.165, 1.54) is 0 Å². The number of nitrogens with one attached hydrogen (secondary N) is 1. The minimum atomic E-state index is -0.0383. The van der Waals surface area contributed by atoms with Gasteiger partial charge in [-0.1, -0.05) is 24.3 Å². The molecule has 3 aromatic rings. The lowest BCUT2D eigenvalue weighted by Crippen LogP contribution is -2.49. The van der Waals surface area contributed by atoms with Crippen molar-refractivity contribution in [1.29, 1.82) is 0 Å². The van der Waals surface area contributed by atoms with Gasteiger partial charge in [0.1, 0.15) is 5.82 Å². The van der Waals surface area contributed by atoms with Crippen LogP contribution in [-0.4, -0.2) is 51.9 Å². The van der Waals surface area contributed by atoms with E-state index in [2.05, 4.69) is 38.2 Å². The van der Waals surface area contributed by atoms with Crippen LogP contribution in [0, 0.1) is 6.92 Å². The minimum absolute atomic E-state index is 0.0383. The first-order chi connectivity index (χ1) is 13.7. The van der Waals surface area contributed by atoms with Crippen LogP contribution < -0.4 is 10.2 Å². The highest BCUT2D eigenvalue weighted by Gasteiger charge is 2.24. The maximum Gasteiger partial charge on any atom is 0.257 e. The number of rotatable bonds is 4. The number of nitrogens with zero attached hydrogens (tertiary/aromatic N) is 5. The van der Waals surface area contributed by atoms with Gasteiger partial charge in [0.2, 0.25) is 5.95 Å². The van der Waals surface area contributed by atoms with Gasteiger partial charge in [0, 0.05) is 50.5 Å². The van der Waals surface area contributed by atoms with Crippen molar-refractivity contribution >= 4 is 23.4 Å². The molecule has 3 heterocycles. The Bertz CT molecular complexity index is 937. The van der Waals surface area contributed by atoms with Crippen molar-refractivity contribution in [3.63, 3.8) is 0 Å². The first-order valence-electron chi connectivity index (χ1n) is 9.31. The molecule has 1 aliphatic heterocycles. The standard InChI is InChI=1S/C21H22N6O/c1-16-6-5-9-22-19(16)26-10-12-27(13-11-26)20(28)17-14-23-21(24-15-17)25-18-7-3-2-4-8-18/h2-9,14-15H,10-13H2,1H3,(H,23,24,25). The molecule has 2 aromatic heterocycles. The molecule has 142 valence electrons. The van der Waals surface area contributed by atoms with E-state index >= 15 is 0 Å². The molecule has 1 amide bonds. The van der Waals surface area contributed by atoms with Crippen LogP contribution in [0.25, 0.3) is 0 Å². The van der Waals surface area contributed by atoms with Gasteiger partial charge in [0.25, 0.3) is 5.91 Å². The molecule has 7 heteroatoms. The Morgan fingerprint density at radius 2 is 1.64 bits per heavy atom. The second kappa shape index (κ2) is 8.04. The van der Waals surface area contributed by atoms with Crippen molar-refractivity contribution in [3.05, 3.63) is 72.2 Å². The van der Waals surface area contributed by atoms with Crippen molar-refractivity contribution in [1.82, 2.24) is 19.9 Å². The summed E-state index contributed by atoms with van der Waals surface area (Å²) in [6, 6.07) is 13.7. The number of pyridine rings is 1. The van der Waals surface area contributed by atoms with Crippen LogP contribution in [0.5, 0.6) is 0 Å². The zero-order valence-corrected chi connectivity index (χ0v) is 15.7. The number of benzene rings is 1. The average molecular weight is 374 g/mol. The molecule has 7 nitrogen and oxygen atoms in total. The molecule has 1 aliphatic rings. The van der Waals surface area contributed by atoms with Gasteiger partial charge in [0.15, 0.2) is 0 Å². The Kier molecular flexibility index (Phi) is 5.14. The first kappa shape index (κ1) is 17.9. The fourth-order valence-electron chi connectivity index (χ4n) is 3.27. The third-order valence-electron chi connectivity index (χ3n) is 4.78. The Morgan fingerprint density at radius 3 is 2.32 bits per heavy atom. The van der Waals surface area contributed by atoms with Gasteiger partial charge >= 0.3 is 0 Å². The molecule has 28 heavy (non-hydrogen) atoms. The number of carbonyl (C=O) groups is 1. The number of aryl methyl sites for hydroxylation is 1. The summed E-state index contributed by atoms with van der Waals surface area (Å²) in [5, 5.41) is 3.12. The predicted molar refractivity (Wildman–Crippen MR) is 109 cm³/mol. The van der Waals surface area contributed by atoms with Gasteiger partial charge in [-0.15, -0.1) is 0 Å². The Hall–Kier alpha value is -3.48. The van der Waals surface area contributed by atoms with E-state index in [1.807, 2.05) is 47.5 Å². The highest BCUT2D eigenvalue weighted by Crippen LogP contribution is 2.19. The monoisotopic (exact) mass is 374 g/mol. The zero-order chi connectivity index (χ0) is 19.3. The highest BCUT2D eigenvalue weighted by atomic mass is 16.2. The van der Waals surface area contributed by atoms with Crippen LogP contribution in [0.1, 0.15) is 15.9 Å². The van der Waals surface area contributed by atoms with Crippen molar-refractivity contribution in [3.8, 4) is 0 Å². The van der Waals surface area contributed by atoms with E-state index in [-0.39, 0.29) is 5.91 Å². The summed E-state index contributed by atoms with van der Waals surface area (Å²) in [6.07, 6.45) is 4.97. The summed E-state index contributed by atoms with van der Waals surface area (Å²) in [4.78, 5) is 29.9. The van der Waals surface area contributed by atoms with E-state index in [9.17, 15) is 4.79 Å². The van der Waals surface area contributed by atoms with Gasteiger partial charge in [-0.05, 0) is 30.7 Å². The summed E-state index contributed by atoms with van der Waals surface area (Å²) in [5.74, 6) is 1.43. The van der Waals surface area contributed by atoms with Gasteiger partial charge in [0.05, 0.1) is 5.56 Å². The maximum atomic E-state index is 12.8. The smallest absolute Gasteiger partial charge is 0.257 e. The topological polar surface area (TPSA) is 74.2 Å². The Balaban J connectivity index is 1.37. The fraction of sp³-hybridized carbons (Fsp3) is 0.238. The SMILES string of the molecule is Cc1cccnc1N1CCN(C(=O)c2cnc(Nc3ccccc3)nc2)CC1. The predicted octanol–water partition coefficient (Wildman–Crippen LogP) is 2.89. The molecule has 0 unspecified atom stereocenters. The van der Waals surface area contributed by atoms with Crippen molar-refractivity contribution in [2.75, 3.05) is 36.4 Å². The number of hydrogen-bond donors (Lipinski definition) is 1. The second-order valence-corrected chi connectivity index (χ2v) is 6.71. The number of hydrogen-bond acceptors (Lipinski definition) is 6. The number of aromatic nitrogens is 3. The van der Waals surface area contributed by atoms with Crippen molar-refractivity contribution in [2.45, 2.75) is 6.92 Å². The van der Waals surface area contributed by atoms with Crippen molar-refractivity contribution < 1.29 is 4.79 Å². The number of carbonyl (C=O) groups excluding carboxylic acids is 1. The summed E-state index contributed by atoms with van der Waals surface area (Å²) in [6.45, 7) is 4.89. The zero-order valence-electron chi connectivity index (χ0n) is 15.7. The largest absolute Gasteiger partial charge is 0.353 e. The Morgan fingerprint density at radius 1 is 0.929 bits per heavy atom. The van der Waals surface area contributed by atoms with Crippen LogP contribution in [0.2, 0.25) is 0 Å².